The summed E-state index contributed by atoms with van der Waals surface area (Å²) in [7, 11) is -1.51. The van der Waals surface area contributed by atoms with E-state index >= 15 is 0 Å². The largest absolute Gasteiger partial charge is 0.378 e. The zero-order valence-corrected chi connectivity index (χ0v) is 28.8. The van der Waals surface area contributed by atoms with Crippen LogP contribution in [0.15, 0.2) is 43.4 Å². The first kappa shape index (κ1) is 33.6. The van der Waals surface area contributed by atoms with Crippen LogP contribution in [0.25, 0.3) is 10.8 Å². The normalized spacial score (nSPS) is 26.2. The molecule has 4 aliphatic heterocycles. The Bertz CT molecular complexity index is 1800. The van der Waals surface area contributed by atoms with Gasteiger partial charge in [0.05, 0.1) is 29.7 Å². The van der Waals surface area contributed by atoms with E-state index in [1.54, 1.807) is 12.3 Å². The Morgan fingerprint density at radius 3 is 2.55 bits per heavy atom. The van der Waals surface area contributed by atoms with Gasteiger partial charge in [-0.15, -0.1) is 0 Å². The number of hydrogen-bond acceptors (Lipinski definition) is 11. The van der Waals surface area contributed by atoms with E-state index in [1.165, 1.54) is 13.2 Å². The summed E-state index contributed by atoms with van der Waals surface area (Å²) in [4.78, 5) is 37.6. The SMILES string of the molecule is C=CC(=O)N1CCC[C@@H]1c1cnc(N2CCC([C@H]3CCCCS3(=O)=O)CC2)c2cnc(Nc3ccnc(N4CC[C@@H](OC)[C@@H](F)C4)n3)cc12. The average Bonchev–Trinajstić information content (AvgIpc) is 3.61. The standard InChI is InChI=1S/C35H45FN8O4S/c1-3-33(45)44-14-6-7-28(44)25-20-39-34(42-15-10-23(11-16-42)30-8-4-5-18-49(30,46)47)26-21-38-32(19-24(25)26)40-31-9-13-37-35(41-31)43-17-12-29(48-2)27(36)22-43/h3,9,13,19-21,23,27-30H,1,4-8,10-12,14-18,22H2,2H3,(H,37,38,40,41)/t27-,28+,29+,30+/m0/s1. The van der Waals surface area contributed by atoms with Crippen LogP contribution in [0, 0.1) is 5.92 Å². The fraction of sp³-hybridized carbons (Fsp3) is 0.571. The summed E-state index contributed by atoms with van der Waals surface area (Å²) < 4.78 is 45.6. The van der Waals surface area contributed by atoms with E-state index in [4.69, 9.17) is 14.7 Å². The highest BCUT2D eigenvalue weighted by Gasteiger charge is 2.38. The fourth-order valence-electron chi connectivity index (χ4n) is 8.22. The number of likely N-dealkylation sites (tertiary alicyclic amines) is 1. The van der Waals surface area contributed by atoms with E-state index in [9.17, 15) is 17.6 Å². The second-order valence-corrected chi connectivity index (χ2v) is 16.0. The second-order valence-electron chi connectivity index (χ2n) is 13.7. The van der Waals surface area contributed by atoms with Crippen molar-refractivity contribution in [3.63, 3.8) is 0 Å². The molecular weight excluding hydrogens is 648 g/mol. The Balaban J connectivity index is 1.18. The van der Waals surface area contributed by atoms with Crippen molar-refractivity contribution in [2.75, 3.05) is 60.7 Å². The number of hydrogen-bond donors (Lipinski definition) is 1. The van der Waals surface area contributed by atoms with Crippen LogP contribution in [0.2, 0.25) is 0 Å². The molecule has 0 unspecified atom stereocenters. The summed E-state index contributed by atoms with van der Waals surface area (Å²) in [6.07, 6.45) is 11.5. The van der Waals surface area contributed by atoms with Crippen molar-refractivity contribution in [2.45, 2.75) is 74.9 Å². The van der Waals surface area contributed by atoms with Crippen LogP contribution in [0.4, 0.5) is 27.8 Å². The second kappa shape index (κ2) is 14.1. The quantitative estimate of drug-likeness (QED) is 0.328. The Kier molecular flexibility index (Phi) is 9.69. The Labute approximate surface area is 287 Å². The van der Waals surface area contributed by atoms with Crippen LogP contribution in [0.3, 0.4) is 0 Å². The minimum atomic E-state index is -3.04. The van der Waals surface area contributed by atoms with Gasteiger partial charge in [-0.1, -0.05) is 13.0 Å². The van der Waals surface area contributed by atoms with E-state index in [0.29, 0.717) is 55.9 Å². The highest BCUT2D eigenvalue weighted by molar-refractivity contribution is 7.92. The lowest BCUT2D eigenvalue weighted by Gasteiger charge is -2.38. The van der Waals surface area contributed by atoms with Gasteiger partial charge in [-0.25, -0.2) is 27.8 Å². The Morgan fingerprint density at radius 2 is 1.80 bits per heavy atom. The first-order valence-electron chi connectivity index (χ1n) is 17.5. The van der Waals surface area contributed by atoms with Crippen molar-refractivity contribution in [1.29, 1.82) is 0 Å². The van der Waals surface area contributed by atoms with Gasteiger partial charge >= 0.3 is 0 Å². The van der Waals surface area contributed by atoms with Gasteiger partial charge in [0.2, 0.25) is 11.9 Å². The molecule has 0 saturated carbocycles. The molecule has 0 bridgehead atoms. The van der Waals surface area contributed by atoms with E-state index in [1.807, 2.05) is 28.3 Å². The molecule has 49 heavy (non-hydrogen) atoms. The monoisotopic (exact) mass is 692 g/mol. The third-order valence-corrected chi connectivity index (χ3v) is 13.2. The number of halogens is 1. The minimum Gasteiger partial charge on any atom is -0.378 e. The van der Waals surface area contributed by atoms with E-state index in [0.717, 1.165) is 67.1 Å². The van der Waals surface area contributed by atoms with Crippen LogP contribution in [0.1, 0.15) is 63.0 Å². The Morgan fingerprint density at radius 1 is 0.980 bits per heavy atom. The molecule has 4 fully saturated rings. The molecule has 0 aliphatic carbocycles. The molecule has 4 saturated heterocycles. The number of carbonyl (C=O) groups is 1. The van der Waals surface area contributed by atoms with Gasteiger partial charge in [0, 0.05) is 62.8 Å². The number of alkyl halides is 1. The van der Waals surface area contributed by atoms with Crippen LogP contribution in [0.5, 0.6) is 0 Å². The smallest absolute Gasteiger partial charge is 0.246 e. The molecule has 7 heterocycles. The molecule has 7 rings (SSSR count). The van der Waals surface area contributed by atoms with Gasteiger partial charge in [0.15, 0.2) is 9.84 Å². The van der Waals surface area contributed by atoms with Gasteiger partial charge in [0.1, 0.15) is 23.6 Å². The maximum absolute atomic E-state index is 14.6. The fourth-order valence-corrected chi connectivity index (χ4v) is 10.5. The molecule has 12 nitrogen and oxygen atoms in total. The van der Waals surface area contributed by atoms with Gasteiger partial charge in [-0.2, -0.15) is 4.98 Å². The van der Waals surface area contributed by atoms with E-state index in [-0.39, 0.29) is 29.7 Å². The third-order valence-electron chi connectivity index (χ3n) is 10.8. The number of ether oxygens (including phenoxy) is 1. The number of pyridine rings is 2. The van der Waals surface area contributed by atoms with Gasteiger partial charge < -0.3 is 24.8 Å². The summed E-state index contributed by atoms with van der Waals surface area (Å²) in [6.45, 7) is 6.55. The molecule has 14 heteroatoms. The highest BCUT2D eigenvalue weighted by atomic mass is 32.2. The molecule has 1 amide bonds. The van der Waals surface area contributed by atoms with Crippen molar-refractivity contribution < 1.29 is 22.3 Å². The molecule has 1 N–H and O–H groups in total. The molecule has 0 spiro atoms. The summed E-state index contributed by atoms with van der Waals surface area (Å²) in [5, 5.41) is 4.90. The number of fused-ring (bicyclic) bond motifs is 1. The zero-order chi connectivity index (χ0) is 34.1. The molecule has 3 aromatic rings. The van der Waals surface area contributed by atoms with Crippen molar-refractivity contribution >= 4 is 49.9 Å². The maximum Gasteiger partial charge on any atom is 0.246 e. The van der Waals surface area contributed by atoms with Crippen molar-refractivity contribution in [1.82, 2.24) is 24.8 Å². The van der Waals surface area contributed by atoms with Crippen LogP contribution < -0.4 is 15.1 Å². The molecule has 4 aliphatic rings. The molecule has 3 aromatic heterocycles. The lowest BCUT2D eigenvalue weighted by atomic mass is 9.90. The average molecular weight is 693 g/mol. The van der Waals surface area contributed by atoms with Crippen LogP contribution in [-0.4, -0.2) is 102 Å². The summed E-state index contributed by atoms with van der Waals surface area (Å²) in [5.41, 5.74) is 0.943. The number of rotatable bonds is 8. The van der Waals surface area contributed by atoms with Crippen LogP contribution in [-0.2, 0) is 19.4 Å². The number of anilines is 4. The molecule has 4 atom stereocenters. The number of nitrogens with zero attached hydrogens (tertiary/aromatic N) is 7. The highest BCUT2D eigenvalue weighted by Crippen LogP contribution is 2.40. The van der Waals surface area contributed by atoms with Crippen molar-refractivity contribution in [3.8, 4) is 0 Å². The number of amides is 1. The number of piperidine rings is 2. The maximum atomic E-state index is 14.6. The predicted molar refractivity (Wildman–Crippen MR) is 188 cm³/mol. The predicted octanol–water partition coefficient (Wildman–Crippen LogP) is 4.76. The lowest BCUT2D eigenvalue weighted by Crippen LogP contribution is -2.46. The van der Waals surface area contributed by atoms with Crippen molar-refractivity contribution in [2.24, 2.45) is 5.92 Å². The third kappa shape index (κ3) is 6.81. The lowest BCUT2D eigenvalue weighted by molar-refractivity contribution is -0.126. The van der Waals surface area contributed by atoms with E-state index in [2.05, 4.69) is 26.8 Å². The Hall–Kier alpha value is -3.91. The van der Waals surface area contributed by atoms with Gasteiger partial charge in [0.25, 0.3) is 0 Å². The minimum absolute atomic E-state index is 0.106. The summed E-state index contributed by atoms with van der Waals surface area (Å²) in [5.74, 6) is 2.71. The topological polar surface area (TPSA) is 134 Å². The summed E-state index contributed by atoms with van der Waals surface area (Å²) in [6, 6.07) is 3.58. The van der Waals surface area contributed by atoms with Gasteiger partial charge in [-0.05, 0) is 74.5 Å². The first-order valence-corrected chi connectivity index (χ1v) is 19.2. The number of nitrogens with one attached hydrogen (secondary N) is 1. The summed E-state index contributed by atoms with van der Waals surface area (Å²) >= 11 is 0. The van der Waals surface area contributed by atoms with Gasteiger partial charge in [-0.3, -0.25) is 4.79 Å². The zero-order valence-electron chi connectivity index (χ0n) is 28.0. The molecule has 0 radical (unpaired) electrons. The molecule has 262 valence electrons. The number of sulfone groups is 1. The van der Waals surface area contributed by atoms with E-state index < -0.39 is 22.1 Å². The van der Waals surface area contributed by atoms with Crippen molar-refractivity contribution in [3.05, 3.63) is 48.9 Å². The number of carbonyl (C=O) groups excluding carboxylic acids is 1. The number of methoxy groups -OCH3 is 1. The molecule has 0 aromatic carbocycles. The van der Waals surface area contributed by atoms with Crippen LogP contribution >= 0.6 is 0 Å². The first-order chi connectivity index (χ1) is 23.8. The molecular formula is C35H45FN8O4S. The number of aromatic nitrogens is 4.